The van der Waals surface area contributed by atoms with E-state index in [0.717, 1.165) is 29.9 Å². The second kappa shape index (κ2) is 9.32. The average Bonchev–Trinajstić information content (AvgIpc) is 3.34. The number of nitrogens with one attached hydrogen (secondary N) is 1. The highest BCUT2D eigenvalue weighted by Gasteiger charge is 2.25. The normalized spacial score (nSPS) is 13.5. The number of rotatable bonds is 7. The van der Waals surface area contributed by atoms with Gasteiger partial charge >= 0.3 is 5.97 Å². The summed E-state index contributed by atoms with van der Waals surface area (Å²) in [5, 5.41) is 20.4. The Kier molecular flexibility index (Phi) is 6.32. The number of nitrogens with two attached hydrogens (primary N) is 1. The zero-order valence-corrected chi connectivity index (χ0v) is 18.5. The lowest BCUT2D eigenvalue weighted by atomic mass is 9.91. The minimum atomic E-state index is -1.08. The molecule has 3 aromatic rings. The third-order valence-electron chi connectivity index (χ3n) is 5.87. The molecular formula is C26H29N4O2+. The van der Waals surface area contributed by atoms with Crippen LogP contribution in [0.15, 0.2) is 60.7 Å². The quantitative estimate of drug-likeness (QED) is 0.378. The number of anilines is 1. The molecule has 164 valence electrons. The van der Waals surface area contributed by atoms with Crippen LogP contribution < -0.4 is 10.2 Å². The fourth-order valence-corrected chi connectivity index (χ4v) is 4.11. The molecular weight excluding hydrogens is 400 g/mol. The standard InChI is InChI=1S/C26H28N4O2/c1-17(2)24(27)23-21(18-10-12-20(13-11-18)30-14-6-7-15-30)16-22(26(31)32)29-25(23)28-19-8-4-3-5-9-19/h3-5,8-13,16-17,27H,6-7,14-15H2,1-2H3,(H,28,29)(H,31,32)/p+1. The maximum Gasteiger partial charge on any atom is 0.354 e. The van der Waals surface area contributed by atoms with Gasteiger partial charge in [0.15, 0.2) is 5.69 Å². The summed E-state index contributed by atoms with van der Waals surface area (Å²) in [6.07, 6.45) is 2.42. The molecule has 6 nitrogen and oxygen atoms in total. The third kappa shape index (κ3) is 4.55. The van der Waals surface area contributed by atoms with Gasteiger partial charge in [-0.15, -0.1) is 0 Å². The monoisotopic (exact) mass is 429 g/mol. The van der Waals surface area contributed by atoms with E-state index in [1.807, 2.05) is 61.6 Å². The highest BCUT2D eigenvalue weighted by molar-refractivity contribution is 6.08. The summed E-state index contributed by atoms with van der Waals surface area (Å²) in [5.41, 5.74) is 4.81. The number of carboxylic acids is 1. The van der Waals surface area contributed by atoms with E-state index in [0.29, 0.717) is 17.1 Å². The molecule has 4 rings (SSSR count). The molecule has 0 unspecified atom stereocenters. The Labute approximate surface area is 188 Å². The van der Waals surface area contributed by atoms with Gasteiger partial charge in [0, 0.05) is 30.1 Å². The number of nitrogens with zero attached hydrogens (tertiary/aromatic N) is 2. The van der Waals surface area contributed by atoms with Gasteiger partial charge in [-0.25, -0.2) is 4.79 Å². The van der Waals surface area contributed by atoms with Crippen LogP contribution in [0.4, 0.5) is 17.2 Å². The first-order valence-electron chi connectivity index (χ1n) is 11.1. The molecule has 2 heterocycles. The maximum absolute atomic E-state index is 11.9. The smallest absolute Gasteiger partial charge is 0.354 e. The van der Waals surface area contributed by atoms with Crippen LogP contribution >= 0.6 is 0 Å². The van der Waals surface area contributed by atoms with Gasteiger partial charge in [0.2, 0.25) is 5.82 Å². The van der Waals surface area contributed by atoms with Crippen molar-refractivity contribution in [1.29, 1.82) is 5.41 Å². The van der Waals surface area contributed by atoms with Crippen molar-refractivity contribution in [2.24, 2.45) is 5.92 Å². The number of pyridine rings is 1. The van der Waals surface area contributed by atoms with Gasteiger partial charge in [-0.1, -0.05) is 44.2 Å². The van der Waals surface area contributed by atoms with E-state index < -0.39 is 5.97 Å². The topological polar surface area (TPSA) is 93.9 Å². The second-order valence-corrected chi connectivity index (χ2v) is 8.48. The third-order valence-corrected chi connectivity index (χ3v) is 5.87. The van der Waals surface area contributed by atoms with Crippen molar-refractivity contribution in [2.45, 2.75) is 26.7 Å². The second-order valence-electron chi connectivity index (χ2n) is 8.48. The minimum absolute atomic E-state index is 0.0221. The first-order chi connectivity index (χ1) is 15.4. The molecule has 0 radical (unpaired) electrons. The molecule has 1 saturated heterocycles. The van der Waals surface area contributed by atoms with E-state index >= 15 is 0 Å². The summed E-state index contributed by atoms with van der Waals surface area (Å²) < 4.78 is 0. The van der Waals surface area contributed by atoms with Gasteiger partial charge in [-0.3, -0.25) is 5.32 Å². The number of para-hydroxylation sites is 1. The minimum Gasteiger partial charge on any atom is -0.477 e. The Morgan fingerprint density at radius 3 is 2.31 bits per heavy atom. The predicted octanol–water partition coefficient (Wildman–Crippen LogP) is 4.60. The van der Waals surface area contributed by atoms with Crippen molar-refractivity contribution in [3.8, 4) is 11.1 Å². The lowest BCUT2D eigenvalue weighted by Crippen LogP contribution is -2.72. The summed E-state index contributed by atoms with van der Waals surface area (Å²) >= 11 is 0. The summed E-state index contributed by atoms with van der Waals surface area (Å²) in [4.78, 5) is 18.7. The van der Waals surface area contributed by atoms with Gasteiger partial charge in [-0.05, 0) is 54.7 Å². The number of hydrogen-bond donors (Lipinski definition) is 3. The summed E-state index contributed by atoms with van der Waals surface area (Å²) in [5.74, 6) is -0.600. The summed E-state index contributed by atoms with van der Waals surface area (Å²) in [6, 6.07) is 19.5. The van der Waals surface area contributed by atoms with Crippen molar-refractivity contribution < 1.29 is 15.2 Å². The van der Waals surface area contributed by atoms with Crippen LogP contribution in [0.2, 0.25) is 0 Å². The van der Waals surface area contributed by atoms with E-state index in [4.69, 9.17) is 5.41 Å². The van der Waals surface area contributed by atoms with Crippen molar-refractivity contribution in [3.63, 3.8) is 0 Å². The van der Waals surface area contributed by atoms with E-state index in [1.165, 1.54) is 18.5 Å². The van der Waals surface area contributed by atoms with E-state index in [9.17, 15) is 9.90 Å². The fraction of sp³-hybridized carbons (Fsp3) is 0.269. The van der Waals surface area contributed by atoms with Crippen LogP contribution in [0.1, 0.15) is 42.7 Å². The van der Waals surface area contributed by atoms with Crippen LogP contribution in [0.25, 0.3) is 11.1 Å². The lowest BCUT2D eigenvalue weighted by Gasteiger charge is -2.19. The molecule has 4 N–H and O–H groups in total. The van der Waals surface area contributed by atoms with Crippen LogP contribution in [0.5, 0.6) is 0 Å². The Bertz CT molecular complexity index is 1120. The molecule has 0 atom stereocenters. The number of carbonyl (C=O) groups is 1. The highest BCUT2D eigenvalue weighted by atomic mass is 16.4. The molecule has 0 spiro atoms. The van der Waals surface area contributed by atoms with Gasteiger partial charge < -0.3 is 15.4 Å². The Balaban J connectivity index is 1.85. The Morgan fingerprint density at radius 1 is 1.06 bits per heavy atom. The van der Waals surface area contributed by atoms with Crippen molar-refractivity contribution >= 4 is 28.9 Å². The highest BCUT2D eigenvalue weighted by Crippen LogP contribution is 2.32. The average molecular weight is 430 g/mol. The molecule has 0 saturated carbocycles. The van der Waals surface area contributed by atoms with Crippen LogP contribution in [0.3, 0.4) is 0 Å². The zero-order chi connectivity index (χ0) is 22.7. The van der Waals surface area contributed by atoms with Crippen molar-refractivity contribution in [3.05, 3.63) is 71.9 Å². The van der Waals surface area contributed by atoms with E-state index in [-0.39, 0.29) is 11.6 Å². The van der Waals surface area contributed by atoms with E-state index in [1.54, 1.807) is 6.07 Å². The van der Waals surface area contributed by atoms with Crippen LogP contribution in [-0.4, -0.2) is 34.9 Å². The number of quaternary nitrogens is 1. The number of carboxylic acid groups (broad SMARTS) is 1. The van der Waals surface area contributed by atoms with Crippen molar-refractivity contribution in [2.75, 3.05) is 18.0 Å². The molecule has 0 aliphatic carbocycles. The molecule has 0 bridgehead atoms. The molecule has 1 aromatic heterocycles. The lowest BCUT2D eigenvalue weighted by molar-refractivity contribution is -0.483. The fourth-order valence-electron chi connectivity index (χ4n) is 4.11. The predicted molar refractivity (Wildman–Crippen MR) is 127 cm³/mol. The first-order valence-corrected chi connectivity index (χ1v) is 11.1. The maximum atomic E-state index is 11.9. The Morgan fingerprint density at radius 2 is 1.72 bits per heavy atom. The number of aromatic nitrogens is 1. The largest absolute Gasteiger partial charge is 0.477 e. The Hall–Kier alpha value is -3.51. The summed E-state index contributed by atoms with van der Waals surface area (Å²) in [6.45, 7) is 6.08. The number of benzene rings is 2. The molecule has 32 heavy (non-hydrogen) atoms. The van der Waals surface area contributed by atoms with Gasteiger partial charge in [0.1, 0.15) is 5.69 Å². The van der Waals surface area contributed by atoms with E-state index in [2.05, 4.69) is 22.0 Å². The molecule has 1 aliphatic heterocycles. The zero-order valence-electron chi connectivity index (χ0n) is 18.5. The van der Waals surface area contributed by atoms with Gasteiger partial charge in [0.25, 0.3) is 0 Å². The molecule has 2 aromatic carbocycles. The molecule has 1 aliphatic rings. The van der Waals surface area contributed by atoms with Crippen molar-refractivity contribution in [1.82, 2.24) is 4.98 Å². The molecule has 6 heteroatoms. The molecule has 0 amide bonds. The number of hydrogen-bond acceptors (Lipinski definition) is 4. The SMILES string of the molecule is CC(C)C(=N)c1c(-c2ccc(N3CCCC3)cc2)cc(C(=O)O)nc1[NH2+]c1ccccc1. The van der Waals surface area contributed by atoms with Gasteiger partial charge in [-0.2, -0.15) is 4.98 Å². The van der Waals surface area contributed by atoms with Gasteiger partial charge in [0.05, 0.1) is 5.56 Å². The number of aromatic carboxylic acids is 1. The van der Waals surface area contributed by atoms with Crippen LogP contribution in [-0.2, 0) is 0 Å². The first kappa shape index (κ1) is 21.7. The summed E-state index contributed by atoms with van der Waals surface area (Å²) in [7, 11) is 0. The van der Waals surface area contributed by atoms with Crippen LogP contribution in [0, 0.1) is 11.3 Å². The molecule has 1 fully saturated rings.